The van der Waals surface area contributed by atoms with E-state index in [0.717, 1.165) is 22.2 Å². The number of furan rings is 1. The van der Waals surface area contributed by atoms with Crippen LogP contribution in [0, 0.1) is 6.92 Å². The number of carbonyl (C=O) groups excluding carboxylic acids is 2. The summed E-state index contributed by atoms with van der Waals surface area (Å²) in [6, 6.07) is 16.7. The van der Waals surface area contributed by atoms with Gasteiger partial charge in [-0.3, -0.25) is 9.59 Å². The second-order valence-electron chi connectivity index (χ2n) is 6.70. The maximum atomic E-state index is 12.7. The molecule has 1 unspecified atom stereocenters. The highest BCUT2D eigenvalue weighted by atomic mass is 32.2. The number of thioether (sulfide) groups is 1. The van der Waals surface area contributed by atoms with E-state index in [1.165, 1.54) is 6.08 Å². The molecule has 1 aromatic heterocycles. The molecule has 142 valence electrons. The third-order valence-corrected chi connectivity index (χ3v) is 5.60. The smallest absolute Gasteiger partial charge is 0.248 e. The van der Waals surface area contributed by atoms with E-state index in [4.69, 9.17) is 4.42 Å². The number of benzene rings is 2. The number of anilines is 1. The largest absolute Gasteiger partial charge is 0.457 e. The molecule has 2 aromatic carbocycles. The number of nitrogens with zero attached hydrogens (tertiary/aromatic N) is 1. The van der Waals surface area contributed by atoms with Crippen LogP contribution in [0.3, 0.4) is 0 Å². The zero-order chi connectivity index (χ0) is 19.5. The van der Waals surface area contributed by atoms with Gasteiger partial charge in [-0.25, -0.2) is 0 Å². The van der Waals surface area contributed by atoms with Crippen LogP contribution in [0.1, 0.15) is 11.3 Å². The Kier molecular flexibility index (Phi) is 5.21. The normalized spacial score (nSPS) is 16.8. The number of nitrogens with one attached hydrogen (secondary N) is 1. The number of rotatable bonds is 4. The minimum absolute atomic E-state index is 0.166. The number of para-hydroxylation sites is 1. The molecule has 0 saturated carbocycles. The molecular weight excluding hydrogens is 372 g/mol. The Bertz CT molecular complexity index is 1020. The van der Waals surface area contributed by atoms with E-state index in [0.29, 0.717) is 17.4 Å². The highest BCUT2D eigenvalue weighted by Crippen LogP contribution is 2.24. The van der Waals surface area contributed by atoms with E-state index in [9.17, 15) is 9.59 Å². The van der Waals surface area contributed by atoms with Crippen LogP contribution >= 0.6 is 11.8 Å². The predicted octanol–water partition coefficient (Wildman–Crippen LogP) is 4.29. The van der Waals surface area contributed by atoms with E-state index in [1.54, 1.807) is 22.7 Å². The summed E-state index contributed by atoms with van der Waals surface area (Å²) in [7, 11) is 0. The summed E-state index contributed by atoms with van der Waals surface area (Å²) in [6.07, 6.45) is 3.12. The Morgan fingerprint density at radius 2 is 2.04 bits per heavy atom. The summed E-state index contributed by atoms with van der Waals surface area (Å²) in [5.74, 6) is 1.33. The van der Waals surface area contributed by atoms with Gasteiger partial charge in [0.2, 0.25) is 11.8 Å². The first kappa shape index (κ1) is 18.4. The van der Waals surface area contributed by atoms with Crippen molar-refractivity contribution in [3.8, 4) is 0 Å². The fraction of sp³-hybridized carbons (Fsp3) is 0.182. The lowest BCUT2D eigenvalue weighted by atomic mass is 10.2. The van der Waals surface area contributed by atoms with E-state index in [2.05, 4.69) is 5.32 Å². The Balaban J connectivity index is 1.44. The highest BCUT2D eigenvalue weighted by Gasteiger charge is 2.33. The lowest BCUT2D eigenvalue weighted by molar-refractivity contribution is -0.132. The summed E-state index contributed by atoms with van der Waals surface area (Å²) >= 11 is 1.57. The Morgan fingerprint density at radius 3 is 2.86 bits per heavy atom. The first-order valence-corrected chi connectivity index (χ1v) is 10.2. The molecule has 1 N–H and O–H groups in total. The van der Waals surface area contributed by atoms with Crippen LogP contribution in [0.4, 0.5) is 5.69 Å². The first-order chi connectivity index (χ1) is 13.6. The molecule has 2 heterocycles. The lowest BCUT2D eigenvalue weighted by Crippen LogP contribution is -2.43. The Labute approximate surface area is 167 Å². The molecule has 0 radical (unpaired) electrons. The molecule has 6 heteroatoms. The molecule has 1 atom stereocenters. The second kappa shape index (κ2) is 7.94. The topological polar surface area (TPSA) is 62.6 Å². The van der Waals surface area contributed by atoms with Crippen molar-refractivity contribution in [3.05, 3.63) is 72.0 Å². The minimum Gasteiger partial charge on any atom is -0.457 e. The Hall–Kier alpha value is -2.99. The van der Waals surface area contributed by atoms with Crippen molar-refractivity contribution in [3.63, 3.8) is 0 Å². The number of aryl methyl sites for hydroxylation is 1. The molecule has 5 nitrogen and oxygen atoms in total. The average Bonchev–Trinajstić information content (AvgIpc) is 3.33. The Morgan fingerprint density at radius 1 is 1.18 bits per heavy atom. The molecular formula is C22H20N2O3S. The third-order valence-electron chi connectivity index (χ3n) is 4.59. The van der Waals surface area contributed by atoms with Gasteiger partial charge < -0.3 is 14.6 Å². The molecule has 28 heavy (non-hydrogen) atoms. The molecule has 4 rings (SSSR count). The predicted molar refractivity (Wildman–Crippen MR) is 113 cm³/mol. The second-order valence-corrected chi connectivity index (χ2v) is 7.70. The van der Waals surface area contributed by atoms with Crippen molar-refractivity contribution < 1.29 is 14.0 Å². The van der Waals surface area contributed by atoms with Gasteiger partial charge in [0.25, 0.3) is 0 Å². The fourth-order valence-corrected chi connectivity index (χ4v) is 4.32. The molecule has 0 spiro atoms. The maximum Gasteiger partial charge on any atom is 0.248 e. The van der Waals surface area contributed by atoms with E-state index >= 15 is 0 Å². The van der Waals surface area contributed by atoms with Crippen molar-refractivity contribution >= 4 is 46.3 Å². The van der Waals surface area contributed by atoms with E-state index < -0.39 is 6.04 Å². The van der Waals surface area contributed by atoms with Gasteiger partial charge in [0.15, 0.2) is 0 Å². The molecule has 3 aromatic rings. The van der Waals surface area contributed by atoms with Crippen molar-refractivity contribution in [2.24, 2.45) is 0 Å². The van der Waals surface area contributed by atoms with Crippen LogP contribution in [-0.4, -0.2) is 34.4 Å². The zero-order valence-corrected chi connectivity index (χ0v) is 16.2. The van der Waals surface area contributed by atoms with Crippen LogP contribution in [0.25, 0.3) is 17.0 Å². The van der Waals surface area contributed by atoms with Crippen LogP contribution in [0.15, 0.2) is 65.1 Å². The molecule has 1 aliphatic rings. The summed E-state index contributed by atoms with van der Waals surface area (Å²) in [5.41, 5.74) is 2.59. The molecule has 1 saturated heterocycles. The maximum absolute atomic E-state index is 12.7. The molecule has 0 bridgehead atoms. The number of hydrogen-bond donors (Lipinski definition) is 1. The quantitative estimate of drug-likeness (QED) is 0.673. The van der Waals surface area contributed by atoms with Crippen molar-refractivity contribution in [2.45, 2.75) is 13.0 Å². The van der Waals surface area contributed by atoms with Crippen molar-refractivity contribution in [1.82, 2.24) is 4.90 Å². The molecule has 1 aliphatic heterocycles. The number of fused-ring (bicyclic) bond motifs is 1. The van der Waals surface area contributed by atoms with Crippen LogP contribution in [-0.2, 0) is 9.59 Å². The van der Waals surface area contributed by atoms with Crippen molar-refractivity contribution in [2.75, 3.05) is 16.9 Å². The van der Waals surface area contributed by atoms with E-state index in [1.807, 2.05) is 61.5 Å². The van der Waals surface area contributed by atoms with Gasteiger partial charge in [0, 0.05) is 22.9 Å². The van der Waals surface area contributed by atoms with Gasteiger partial charge in [-0.2, -0.15) is 0 Å². The SMILES string of the molecule is Cc1cccc(NC(=O)C2CSCN2C(=O)/C=C/c2cc3ccccc3o2)c1. The summed E-state index contributed by atoms with van der Waals surface area (Å²) in [5, 5.41) is 3.90. The fourth-order valence-electron chi connectivity index (χ4n) is 3.16. The summed E-state index contributed by atoms with van der Waals surface area (Å²) in [6.45, 7) is 1.97. The third kappa shape index (κ3) is 3.97. The van der Waals surface area contributed by atoms with Crippen LogP contribution in [0.2, 0.25) is 0 Å². The van der Waals surface area contributed by atoms with Gasteiger partial charge >= 0.3 is 0 Å². The standard InChI is InChI=1S/C22H20N2O3S/c1-15-5-4-7-17(11-15)23-22(26)19-13-28-14-24(19)21(25)10-9-18-12-16-6-2-3-8-20(16)27-18/h2-12,19H,13-14H2,1H3,(H,23,26)/b10-9+. The first-order valence-electron chi connectivity index (χ1n) is 9.03. The van der Waals surface area contributed by atoms with Crippen molar-refractivity contribution in [1.29, 1.82) is 0 Å². The monoisotopic (exact) mass is 392 g/mol. The van der Waals surface area contributed by atoms with Crippen LogP contribution in [0.5, 0.6) is 0 Å². The van der Waals surface area contributed by atoms with Crippen LogP contribution < -0.4 is 5.32 Å². The average molecular weight is 392 g/mol. The minimum atomic E-state index is -0.488. The summed E-state index contributed by atoms with van der Waals surface area (Å²) in [4.78, 5) is 26.9. The number of hydrogen-bond acceptors (Lipinski definition) is 4. The van der Waals surface area contributed by atoms with Gasteiger partial charge in [-0.1, -0.05) is 30.3 Å². The number of amides is 2. The lowest BCUT2D eigenvalue weighted by Gasteiger charge is -2.21. The molecule has 1 fully saturated rings. The highest BCUT2D eigenvalue weighted by molar-refractivity contribution is 7.99. The molecule has 0 aliphatic carbocycles. The zero-order valence-electron chi connectivity index (χ0n) is 15.4. The van der Waals surface area contributed by atoms with Gasteiger partial charge in [0.1, 0.15) is 17.4 Å². The molecule has 2 amide bonds. The van der Waals surface area contributed by atoms with Gasteiger partial charge in [-0.15, -0.1) is 11.8 Å². The van der Waals surface area contributed by atoms with Gasteiger partial charge in [0.05, 0.1) is 5.88 Å². The number of carbonyl (C=O) groups is 2. The van der Waals surface area contributed by atoms with E-state index in [-0.39, 0.29) is 11.8 Å². The van der Waals surface area contributed by atoms with Gasteiger partial charge in [-0.05, 0) is 42.8 Å². The summed E-state index contributed by atoms with van der Waals surface area (Å²) < 4.78 is 5.70.